The molecule has 8 heteroatoms. The van der Waals surface area contributed by atoms with Crippen molar-refractivity contribution in [3.8, 4) is 5.88 Å². The lowest BCUT2D eigenvalue weighted by molar-refractivity contribution is 0.368. The zero-order chi connectivity index (χ0) is 17.8. The van der Waals surface area contributed by atoms with Crippen LogP contribution in [0, 0.1) is 0 Å². The third kappa shape index (κ3) is 6.12. The standard InChI is InChI=1S/C15H30N4O3S/c1-11(2)13-12(14(22-7)19(6)17-13)10-16-8-9-23(20,21)18-15(3,4)5/h11,16,18H,8-10H2,1-7H3. The van der Waals surface area contributed by atoms with Crippen molar-refractivity contribution in [1.29, 1.82) is 0 Å². The van der Waals surface area contributed by atoms with Gasteiger partial charge in [-0.05, 0) is 26.7 Å². The van der Waals surface area contributed by atoms with Crippen LogP contribution in [-0.2, 0) is 23.6 Å². The highest BCUT2D eigenvalue weighted by Crippen LogP contribution is 2.26. The molecule has 0 saturated heterocycles. The molecule has 0 unspecified atom stereocenters. The molecule has 0 amide bonds. The van der Waals surface area contributed by atoms with Crippen molar-refractivity contribution in [3.63, 3.8) is 0 Å². The van der Waals surface area contributed by atoms with Gasteiger partial charge < -0.3 is 10.1 Å². The Hall–Kier alpha value is -1.12. The van der Waals surface area contributed by atoms with Gasteiger partial charge in [-0.25, -0.2) is 17.8 Å². The molecule has 0 radical (unpaired) electrons. The number of sulfonamides is 1. The Morgan fingerprint density at radius 2 is 1.91 bits per heavy atom. The van der Waals surface area contributed by atoms with E-state index in [0.717, 1.165) is 11.3 Å². The lowest BCUT2D eigenvalue weighted by atomic mass is 10.1. The predicted molar refractivity (Wildman–Crippen MR) is 92.2 cm³/mol. The van der Waals surface area contributed by atoms with E-state index < -0.39 is 15.6 Å². The molecule has 134 valence electrons. The first-order valence-electron chi connectivity index (χ1n) is 7.79. The second kappa shape index (κ2) is 7.63. The lowest BCUT2D eigenvalue weighted by Gasteiger charge is -2.20. The maximum absolute atomic E-state index is 12.0. The first-order valence-corrected chi connectivity index (χ1v) is 9.44. The van der Waals surface area contributed by atoms with Crippen LogP contribution in [0.2, 0.25) is 0 Å². The van der Waals surface area contributed by atoms with Crippen LogP contribution in [0.25, 0.3) is 0 Å². The molecule has 1 aromatic heterocycles. The number of aryl methyl sites for hydroxylation is 1. The molecule has 0 aliphatic carbocycles. The first-order chi connectivity index (χ1) is 10.5. The van der Waals surface area contributed by atoms with Crippen molar-refractivity contribution in [2.75, 3.05) is 19.4 Å². The summed E-state index contributed by atoms with van der Waals surface area (Å²) in [5, 5.41) is 7.65. The molecule has 1 heterocycles. The largest absolute Gasteiger partial charge is 0.481 e. The van der Waals surface area contributed by atoms with Crippen LogP contribution < -0.4 is 14.8 Å². The summed E-state index contributed by atoms with van der Waals surface area (Å²) in [5.41, 5.74) is 1.48. The van der Waals surface area contributed by atoms with Gasteiger partial charge in [-0.3, -0.25) is 0 Å². The number of hydrogen-bond donors (Lipinski definition) is 2. The van der Waals surface area contributed by atoms with Gasteiger partial charge in [-0.15, -0.1) is 0 Å². The molecule has 23 heavy (non-hydrogen) atoms. The minimum absolute atomic E-state index is 0.0316. The highest BCUT2D eigenvalue weighted by molar-refractivity contribution is 7.89. The van der Waals surface area contributed by atoms with Crippen LogP contribution in [0.3, 0.4) is 0 Å². The lowest BCUT2D eigenvalue weighted by Crippen LogP contribution is -2.43. The molecular weight excluding hydrogens is 316 g/mol. The number of aromatic nitrogens is 2. The van der Waals surface area contributed by atoms with E-state index >= 15 is 0 Å². The quantitative estimate of drug-likeness (QED) is 0.694. The summed E-state index contributed by atoms with van der Waals surface area (Å²) in [7, 11) is 0.157. The average molecular weight is 346 g/mol. The monoisotopic (exact) mass is 346 g/mol. The third-order valence-electron chi connectivity index (χ3n) is 3.17. The second-order valence-electron chi connectivity index (χ2n) is 7.00. The summed E-state index contributed by atoms with van der Waals surface area (Å²) < 4.78 is 33.7. The van der Waals surface area contributed by atoms with Crippen molar-refractivity contribution >= 4 is 10.0 Å². The van der Waals surface area contributed by atoms with Crippen LogP contribution in [0.5, 0.6) is 5.88 Å². The number of hydrogen-bond acceptors (Lipinski definition) is 5. The molecule has 7 nitrogen and oxygen atoms in total. The highest BCUT2D eigenvalue weighted by Gasteiger charge is 2.21. The number of nitrogens with one attached hydrogen (secondary N) is 2. The van der Waals surface area contributed by atoms with Gasteiger partial charge in [-0.1, -0.05) is 13.8 Å². The van der Waals surface area contributed by atoms with Gasteiger partial charge >= 0.3 is 0 Å². The molecule has 0 aliphatic rings. The van der Waals surface area contributed by atoms with Gasteiger partial charge in [0.15, 0.2) is 0 Å². The molecular formula is C15H30N4O3S. The van der Waals surface area contributed by atoms with Crippen molar-refractivity contribution < 1.29 is 13.2 Å². The summed E-state index contributed by atoms with van der Waals surface area (Å²) in [6, 6.07) is 0. The molecule has 0 spiro atoms. The topological polar surface area (TPSA) is 85.2 Å². The van der Waals surface area contributed by atoms with Gasteiger partial charge in [0.05, 0.1) is 24.1 Å². The van der Waals surface area contributed by atoms with E-state index in [9.17, 15) is 8.42 Å². The SMILES string of the molecule is COc1c(CNCCS(=O)(=O)NC(C)(C)C)c(C(C)C)nn1C. The Morgan fingerprint density at radius 1 is 1.30 bits per heavy atom. The van der Waals surface area contributed by atoms with E-state index in [2.05, 4.69) is 29.0 Å². The molecule has 0 bridgehead atoms. The fraction of sp³-hybridized carbons (Fsp3) is 0.800. The average Bonchev–Trinajstić information content (AvgIpc) is 2.68. The van der Waals surface area contributed by atoms with Gasteiger partial charge in [-0.2, -0.15) is 5.10 Å². The predicted octanol–water partition coefficient (Wildman–Crippen LogP) is 1.36. The molecule has 0 fully saturated rings. The molecule has 1 aromatic rings. The first kappa shape index (κ1) is 19.9. The molecule has 0 atom stereocenters. The zero-order valence-corrected chi connectivity index (χ0v) is 16.0. The van der Waals surface area contributed by atoms with Gasteiger partial charge in [0, 0.05) is 25.7 Å². The Morgan fingerprint density at radius 3 is 2.39 bits per heavy atom. The Balaban J connectivity index is 2.66. The van der Waals surface area contributed by atoms with Crippen molar-refractivity contribution in [2.45, 2.75) is 52.6 Å². The summed E-state index contributed by atoms with van der Waals surface area (Å²) in [6.45, 7) is 10.5. The smallest absolute Gasteiger partial charge is 0.216 e. The minimum Gasteiger partial charge on any atom is -0.481 e. The number of rotatable bonds is 8. The second-order valence-corrected chi connectivity index (χ2v) is 8.84. The van der Waals surface area contributed by atoms with Crippen LogP contribution in [-0.4, -0.2) is 43.1 Å². The van der Waals surface area contributed by atoms with Crippen molar-refractivity contribution in [2.24, 2.45) is 7.05 Å². The maximum Gasteiger partial charge on any atom is 0.216 e. The van der Waals surface area contributed by atoms with Gasteiger partial charge in [0.2, 0.25) is 15.9 Å². The number of ether oxygens (including phenoxy) is 1. The molecule has 0 saturated carbocycles. The molecule has 1 rings (SSSR count). The maximum atomic E-state index is 12.0. The summed E-state index contributed by atoms with van der Waals surface area (Å²) >= 11 is 0. The number of nitrogens with zero attached hydrogens (tertiary/aromatic N) is 2. The highest BCUT2D eigenvalue weighted by atomic mass is 32.2. The summed E-state index contributed by atoms with van der Waals surface area (Å²) in [4.78, 5) is 0. The minimum atomic E-state index is -3.30. The molecule has 2 N–H and O–H groups in total. The van der Waals surface area contributed by atoms with Crippen LogP contribution in [0.15, 0.2) is 0 Å². The zero-order valence-electron chi connectivity index (χ0n) is 15.2. The van der Waals surface area contributed by atoms with E-state index in [0.29, 0.717) is 19.0 Å². The van der Waals surface area contributed by atoms with E-state index in [1.165, 1.54) is 0 Å². The third-order valence-corrected chi connectivity index (χ3v) is 4.84. The van der Waals surface area contributed by atoms with E-state index in [4.69, 9.17) is 4.74 Å². The molecule has 0 aliphatic heterocycles. The normalized spacial score (nSPS) is 12.9. The fourth-order valence-corrected chi connectivity index (χ4v) is 3.84. The van der Waals surface area contributed by atoms with E-state index in [-0.39, 0.29) is 11.7 Å². The van der Waals surface area contributed by atoms with Crippen LogP contribution >= 0.6 is 0 Å². The Bertz CT molecular complexity index is 615. The Kier molecular flexibility index (Phi) is 6.61. The van der Waals surface area contributed by atoms with Gasteiger partial charge in [0.1, 0.15) is 0 Å². The van der Waals surface area contributed by atoms with Crippen molar-refractivity contribution in [1.82, 2.24) is 19.8 Å². The van der Waals surface area contributed by atoms with Crippen LogP contribution in [0.1, 0.15) is 51.8 Å². The fourth-order valence-electron chi connectivity index (χ4n) is 2.40. The van der Waals surface area contributed by atoms with E-state index in [1.54, 1.807) is 11.8 Å². The molecule has 0 aromatic carbocycles. The van der Waals surface area contributed by atoms with E-state index in [1.807, 2.05) is 27.8 Å². The van der Waals surface area contributed by atoms with Crippen LogP contribution in [0.4, 0.5) is 0 Å². The van der Waals surface area contributed by atoms with Crippen molar-refractivity contribution in [3.05, 3.63) is 11.3 Å². The van der Waals surface area contributed by atoms with Gasteiger partial charge in [0.25, 0.3) is 0 Å². The summed E-state index contributed by atoms with van der Waals surface area (Å²) in [6.07, 6.45) is 0. The number of methoxy groups -OCH3 is 1. The Labute approximate surface area is 139 Å². The summed E-state index contributed by atoms with van der Waals surface area (Å²) in [5.74, 6) is 1.01.